The van der Waals surface area contributed by atoms with Gasteiger partial charge in [-0.25, -0.2) is 4.67 Å². The number of carbonyl (C=O) groups excluding carboxylic acids is 2. The second-order valence-electron chi connectivity index (χ2n) is 17.7. The van der Waals surface area contributed by atoms with Crippen LogP contribution in [0.4, 0.5) is 0 Å². The minimum Gasteiger partial charge on any atom is -0.497 e. The Kier molecular flexibility index (Phi) is 20.4. The molecule has 0 aliphatic rings. The van der Waals surface area contributed by atoms with Crippen LogP contribution in [-0.4, -0.2) is 86.6 Å². The number of hydrogen-bond acceptors (Lipinski definition) is 11. The number of carbonyl (C=O) groups is 2. The predicted octanol–water partition coefficient (Wildman–Crippen LogP) is 9.92. The van der Waals surface area contributed by atoms with Gasteiger partial charge in [-0.2, -0.15) is 5.26 Å². The smallest absolute Gasteiger partial charge is 0.259 e. The predicted molar refractivity (Wildman–Crippen MR) is 283 cm³/mol. The highest BCUT2D eigenvalue weighted by atomic mass is 31.2. The second-order valence-corrected chi connectivity index (χ2v) is 19.1. The van der Waals surface area contributed by atoms with Gasteiger partial charge in [-0.1, -0.05) is 146 Å². The van der Waals surface area contributed by atoms with E-state index in [4.69, 9.17) is 24.3 Å². The van der Waals surface area contributed by atoms with E-state index in [9.17, 15) is 14.9 Å². The Labute approximate surface area is 422 Å². The molecule has 0 saturated heterocycles. The first-order valence-corrected chi connectivity index (χ1v) is 25.4. The molecular weight excluding hydrogens is 908 g/mol. The maximum atomic E-state index is 15.0. The van der Waals surface area contributed by atoms with Crippen molar-refractivity contribution in [2.45, 2.75) is 76.2 Å². The van der Waals surface area contributed by atoms with Crippen LogP contribution in [0.5, 0.6) is 11.5 Å². The van der Waals surface area contributed by atoms with E-state index in [1.807, 2.05) is 121 Å². The van der Waals surface area contributed by atoms with Crippen molar-refractivity contribution in [3.8, 4) is 17.6 Å². The summed E-state index contributed by atoms with van der Waals surface area (Å²) in [6, 6.07) is 58.6. The number of nitrogens with two attached hydrogens (primary N) is 1. The number of benzene rings is 6. The van der Waals surface area contributed by atoms with Crippen LogP contribution in [-0.2, 0) is 29.7 Å². The molecule has 0 fully saturated rings. The molecule has 372 valence electrons. The molecule has 13 heteroatoms. The van der Waals surface area contributed by atoms with Crippen LogP contribution in [0.1, 0.15) is 80.3 Å². The van der Waals surface area contributed by atoms with E-state index in [-0.39, 0.29) is 75.9 Å². The van der Waals surface area contributed by atoms with Gasteiger partial charge in [0.2, 0.25) is 11.8 Å². The largest absolute Gasteiger partial charge is 0.497 e. The van der Waals surface area contributed by atoms with Gasteiger partial charge in [0, 0.05) is 44.6 Å². The monoisotopic (exact) mass is 977 g/mol. The Morgan fingerprint density at radius 1 is 0.592 bits per heavy atom. The Morgan fingerprint density at radius 2 is 0.944 bits per heavy atom. The summed E-state index contributed by atoms with van der Waals surface area (Å²) in [5.74, 6) is 0.663. The van der Waals surface area contributed by atoms with Gasteiger partial charge < -0.3 is 24.3 Å². The average molecular weight is 977 g/mol. The van der Waals surface area contributed by atoms with Crippen LogP contribution < -0.4 is 25.8 Å². The number of methoxy groups -OCH3 is 2. The summed E-state index contributed by atoms with van der Waals surface area (Å²) >= 11 is 0. The zero-order chi connectivity index (χ0) is 50.6. The van der Waals surface area contributed by atoms with Crippen LogP contribution in [0.15, 0.2) is 170 Å². The molecule has 0 aliphatic carbocycles. The molecule has 2 unspecified atom stereocenters. The lowest BCUT2D eigenvalue weighted by molar-refractivity contribution is -0.146. The van der Waals surface area contributed by atoms with Crippen LogP contribution in [0, 0.1) is 11.3 Å². The Balaban J connectivity index is 1.35. The molecule has 0 bridgehead atoms. The number of nitrogens with zero attached hydrogens (tertiary/aromatic N) is 3. The van der Waals surface area contributed by atoms with Crippen molar-refractivity contribution in [1.29, 1.82) is 5.26 Å². The highest BCUT2D eigenvalue weighted by Gasteiger charge is 2.39. The number of amides is 2. The molecule has 71 heavy (non-hydrogen) atoms. The van der Waals surface area contributed by atoms with Crippen molar-refractivity contribution < 1.29 is 28.1 Å². The molecule has 0 heterocycles. The minimum absolute atomic E-state index is 0.00320. The van der Waals surface area contributed by atoms with Crippen LogP contribution in [0.3, 0.4) is 0 Å². The van der Waals surface area contributed by atoms with E-state index in [1.165, 1.54) is 4.90 Å². The Hall–Kier alpha value is -6.26. The fourth-order valence-corrected chi connectivity index (χ4v) is 10.9. The molecule has 0 spiro atoms. The van der Waals surface area contributed by atoms with Crippen molar-refractivity contribution in [2.24, 2.45) is 5.73 Å². The van der Waals surface area contributed by atoms with Crippen molar-refractivity contribution in [3.05, 3.63) is 203 Å². The molecule has 0 radical (unpaired) electrons. The summed E-state index contributed by atoms with van der Waals surface area (Å²) in [5, 5.41) is 17.0. The first-order chi connectivity index (χ1) is 34.5. The Morgan fingerprint density at radius 3 is 1.25 bits per heavy atom. The summed E-state index contributed by atoms with van der Waals surface area (Å²) < 4.78 is 26.2. The SMILES string of the molecule is COc1ccc(C(NCCC(=O)N(CC(CN)OP(OCCC#N)N(C(C)C)C(C)C)C(=O)CCNC(c2ccccc2)(c2ccccc2)c2ccc(OC)cc2)(c2ccccc2)c2ccccc2)cc1. The number of imide groups is 1. The molecule has 12 nitrogen and oxygen atoms in total. The lowest BCUT2D eigenvalue weighted by Crippen LogP contribution is -2.50. The summed E-state index contributed by atoms with van der Waals surface area (Å²) in [6.45, 7) is 8.66. The molecule has 2 amide bonds. The summed E-state index contributed by atoms with van der Waals surface area (Å²) in [4.78, 5) is 31.3. The van der Waals surface area contributed by atoms with Gasteiger partial charge in [0.05, 0.1) is 57.0 Å². The molecule has 4 N–H and O–H groups in total. The molecule has 0 aromatic heterocycles. The summed E-state index contributed by atoms with van der Waals surface area (Å²) in [5.41, 5.74) is 10.5. The Bertz CT molecular complexity index is 2330. The zero-order valence-electron chi connectivity index (χ0n) is 41.9. The average Bonchev–Trinajstić information content (AvgIpc) is 3.41. The highest BCUT2D eigenvalue weighted by Crippen LogP contribution is 2.47. The third-order valence-corrected chi connectivity index (χ3v) is 14.7. The third-order valence-electron chi connectivity index (χ3n) is 12.5. The standard InChI is InChI=1S/C58H69N6O6P/c1-44(2)64(45(3)4)71(69-41-19-38-59)70-54(42-60)43-63(55(65)36-39-61-57(46-20-11-7-12-21-46,47-22-13-8-14-23-47)50-28-32-52(67-5)33-29-50)56(66)37-40-62-58(48-24-15-9-16-25-48,49-26-17-10-18-27-49)51-30-34-53(68-6)35-31-51/h7-18,20-35,44-45,54,61-62H,19,36-37,39-43,60H2,1-6H3. The molecule has 6 aromatic carbocycles. The first kappa shape index (κ1) is 54.1. The van der Waals surface area contributed by atoms with E-state index in [0.717, 1.165) is 44.9 Å². The van der Waals surface area contributed by atoms with E-state index in [0.29, 0.717) is 0 Å². The molecule has 0 aliphatic heterocycles. The number of nitrogens with one attached hydrogen (secondary N) is 2. The molecule has 2 atom stereocenters. The van der Waals surface area contributed by atoms with E-state index in [2.05, 4.69) is 97.6 Å². The topological polar surface area (TPSA) is 151 Å². The van der Waals surface area contributed by atoms with E-state index < -0.39 is 25.7 Å². The third kappa shape index (κ3) is 13.4. The van der Waals surface area contributed by atoms with Crippen molar-refractivity contribution in [1.82, 2.24) is 20.2 Å². The molecule has 6 aromatic rings. The first-order valence-electron chi connectivity index (χ1n) is 24.3. The maximum absolute atomic E-state index is 15.0. The highest BCUT2D eigenvalue weighted by molar-refractivity contribution is 7.44. The number of hydrogen-bond donors (Lipinski definition) is 3. The van der Waals surface area contributed by atoms with Gasteiger partial charge in [-0.15, -0.1) is 0 Å². The quantitative estimate of drug-likeness (QED) is 0.0257. The van der Waals surface area contributed by atoms with Crippen LogP contribution in [0.2, 0.25) is 0 Å². The maximum Gasteiger partial charge on any atom is 0.259 e. The second kappa shape index (κ2) is 26.8. The van der Waals surface area contributed by atoms with Crippen LogP contribution in [0.25, 0.3) is 0 Å². The van der Waals surface area contributed by atoms with Gasteiger partial charge in [0.15, 0.2) is 0 Å². The normalized spacial score (nSPS) is 12.6. The molecular formula is C58H69N6O6P. The van der Waals surface area contributed by atoms with Gasteiger partial charge in [0.1, 0.15) is 11.5 Å². The lowest BCUT2D eigenvalue weighted by atomic mass is 9.77. The van der Waals surface area contributed by atoms with Gasteiger partial charge >= 0.3 is 0 Å². The van der Waals surface area contributed by atoms with Gasteiger partial charge in [-0.05, 0) is 85.3 Å². The minimum atomic E-state index is -1.73. The van der Waals surface area contributed by atoms with Gasteiger partial charge in [0.25, 0.3) is 8.53 Å². The number of nitriles is 1. The molecule has 0 saturated carbocycles. The lowest BCUT2D eigenvalue weighted by Gasteiger charge is -2.38. The van der Waals surface area contributed by atoms with Crippen molar-refractivity contribution in [2.75, 3.05) is 47.0 Å². The van der Waals surface area contributed by atoms with Crippen LogP contribution >= 0.6 is 8.53 Å². The zero-order valence-corrected chi connectivity index (χ0v) is 42.8. The van der Waals surface area contributed by atoms with Crippen molar-refractivity contribution in [3.63, 3.8) is 0 Å². The summed E-state index contributed by atoms with van der Waals surface area (Å²) in [7, 11) is 1.55. The number of rotatable bonds is 27. The fraction of sp³-hybridized carbons (Fsp3) is 0.328. The van der Waals surface area contributed by atoms with E-state index in [1.54, 1.807) is 14.2 Å². The van der Waals surface area contributed by atoms with E-state index >= 15 is 0 Å². The summed E-state index contributed by atoms with van der Waals surface area (Å²) in [6.07, 6.45) is -0.669. The van der Waals surface area contributed by atoms with Crippen molar-refractivity contribution >= 4 is 20.3 Å². The van der Waals surface area contributed by atoms with Gasteiger partial charge in [-0.3, -0.25) is 25.1 Å². The fourth-order valence-electron chi connectivity index (χ4n) is 9.15. The molecule has 6 rings (SSSR count). The number of ether oxygens (including phenoxy) is 2.